The topological polar surface area (TPSA) is 66.4 Å². The van der Waals surface area contributed by atoms with Crippen LogP contribution in [0.2, 0.25) is 5.02 Å². The van der Waals surface area contributed by atoms with Crippen LogP contribution in [0.5, 0.6) is 0 Å². The Balaban J connectivity index is 2.62. The van der Waals surface area contributed by atoms with Crippen LogP contribution in [0.25, 0.3) is 0 Å². The second-order valence-electron chi connectivity index (χ2n) is 3.50. The van der Waals surface area contributed by atoms with E-state index in [0.717, 1.165) is 0 Å². The largest absolute Gasteiger partial charge is 0.481 e. The molecule has 0 saturated heterocycles. The highest BCUT2D eigenvalue weighted by molar-refractivity contribution is 6.33. The lowest BCUT2D eigenvalue weighted by Gasteiger charge is -2.06. The molecule has 7 heteroatoms. The monoisotopic (exact) mass is 277 g/mol. The zero-order valence-electron chi connectivity index (χ0n) is 9.17. The molecule has 1 aromatic rings. The van der Waals surface area contributed by atoms with Crippen molar-refractivity contribution in [1.29, 1.82) is 0 Å². The number of amides is 1. The summed E-state index contributed by atoms with van der Waals surface area (Å²) in [6.07, 6.45) is 0.147. The molecule has 0 bridgehead atoms. The molecule has 1 rings (SSSR count). The number of carbonyl (C=O) groups is 2. The van der Waals surface area contributed by atoms with Gasteiger partial charge >= 0.3 is 5.97 Å². The Kier molecular flexibility index (Phi) is 5.03. The van der Waals surface area contributed by atoms with Gasteiger partial charge in [-0.25, -0.2) is 8.78 Å². The van der Waals surface area contributed by atoms with Crippen molar-refractivity contribution in [2.45, 2.75) is 12.8 Å². The predicted molar refractivity (Wildman–Crippen MR) is 60.6 cm³/mol. The summed E-state index contributed by atoms with van der Waals surface area (Å²) in [6, 6.07) is 1.41. The number of carboxylic acid groups (broad SMARTS) is 1. The zero-order valence-corrected chi connectivity index (χ0v) is 9.93. The first kappa shape index (κ1) is 14.4. The first-order chi connectivity index (χ1) is 8.41. The highest BCUT2D eigenvalue weighted by Gasteiger charge is 2.14. The minimum atomic E-state index is -1.17. The van der Waals surface area contributed by atoms with Crippen molar-refractivity contribution in [2.75, 3.05) is 6.54 Å². The molecule has 0 unspecified atom stereocenters. The van der Waals surface area contributed by atoms with Gasteiger partial charge in [-0.15, -0.1) is 0 Å². The lowest BCUT2D eigenvalue weighted by molar-refractivity contribution is -0.137. The Labute approximate surface area is 107 Å². The Morgan fingerprint density at radius 3 is 2.50 bits per heavy atom. The van der Waals surface area contributed by atoms with Crippen LogP contribution in [-0.2, 0) is 4.79 Å². The van der Waals surface area contributed by atoms with E-state index in [2.05, 4.69) is 5.32 Å². The van der Waals surface area contributed by atoms with E-state index in [1.807, 2.05) is 0 Å². The lowest BCUT2D eigenvalue weighted by Crippen LogP contribution is -2.25. The van der Waals surface area contributed by atoms with E-state index in [1.165, 1.54) is 0 Å². The molecule has 0 aliphatic carbocycles. The van der Waals surface area contributed by atoms with Crippen molar-refractivity contribution in [1.82, 2.24) is 5.32 Å². The maximum Gasteiger partial charge on any atom is 0.303 e. The maximum atomic E-state index is 12.9. The average molecular weight is 278 g/mol. The van der Waals surface area contributed by atoms with Crippen molar-refractivity contribution in [3.63, 3.8) is 0 Å². The summed E-state index contributed by atoms with van der Waals surface area (Å²) in [5, 5.41) is 10.5. The molecule has 2 N–H and O–H groups in total. The molecule has 0 aliphatic rings. The van der Waals surface area contributed by atoms with Gasteiger partial charge in [0.2, 0.25) is 0 Å². The molecule has 0 aliphatic heterocycles. The molecule has 0 saturated carbocycles. The van der Waals surface area contributed by atoms with Crippen LogP contribution >= 0.6 is 11.6 Å². The molecular formula is C11H10ClF2NO3. The smallest absolute Gasteiger partial charge is 0.303 e. The molecule has 0 heterocycles. The molecule has 18 heavy (non-hydrogen) atoms. The van der Waals surface area contributed by atoms with Gasteiger partial charge in [0.15, 0.2) is 11.6 Å². The number of benzene rings is 1. The van der Waals surface area contributed by atoms with Gasteiger partial charge in [0.25, 0.3) is 5.91 Å². The summed E-state index contributed by atoms with van der Waals surface area (Å²) in [7, 11) is 0. The Bertz CT molecular complexity index is 480. The molecular weight excluding hydrogens is 268 g/mol. The number of hydrogen-bond donors (Lipinski definition) is 2. The van der Waals surface area contributed by atoms with Gasteiger partial charge in [0.1, 0.15) is 0 Å². The summed E-state index contributed by atoms with van der Waals surface area (Å²) in [6.45, 7) is 0.112. The predicted octanol–water partition coefficient (Wildman–Crippen LogP) is 2.21. The van der Waals surface area contributed by atoms with Crippen molar-refractivity contribution in [3.8, 4) is 0 Å². The summed E-state index contributed by atoms with van der Waals surface area (Å²) < 4.78 is 25.7. The third-order valence-electron chi connectivity index (χ3n) is 2.11. The molecule has 0 aromatic heterocycles. The minimum Gasteiger partial charge on any atom is -0.481 e. The number of nitrogens with one attached hydrogen (secondary N) is 1. The van der Waals surface area contributed by atoms with Crippen molar-refractivity contribution < 1.29 is 23.5 Å². The Morgan fingerprint density at radius 2 is 1.89 bits per heavy atom. The fraction of sp³-hybridized carbons (Fsp3) is 0.273. The SMILES string of the molecule is O=C(O)CCCNC(=O)c1cc(F)c(F)cc1Cl. The van der Waals surface area contributed by atoms with Crippen LogP contribution in [-0.4, -0.2) is 23.5 Å². The number of rotatable bonds is 5. The zero-order chi connectivity index (χ0) is 13.7. The van der Waals surface area contributed by atoms with Gasteiger partial charge in [0, 0.05) is 13.0 Å². The van der Waals surface area contributed by atoms with Crippen LogP contribution in [0.15, 0.2) is 12.1 Å². The van der Waals surface area contributed by atoms with E-state index in [-0.39, 0.29) is 30.0 Å². The van der Waals surface area contributed by atoms with Gasteiger partial charge in [-0.2, -0.15) is 0 Å². The first-order valence-electron chi connectivity index (χ1n) is 5.06. The molecule has 4 nitrogen and oxygen atoms in total. The van der Waals surface area contributed by atoms with E-state index < -0.39 is 23.5 Å². The van der Waals surface area contributed by atoms with E-state index in [9.17, 15) is 18.4 Å². The van der Waals surface area contributed by atoms with Gasteiger partial charge in [0.05, 0.1) is 10.6 Å². The first-order valence-corrected chi connectivity index (χ1v) is 5.44. The second kappa shape index (κ2) is 6.30. The third-order valence-corrected chi connectivity index (χ3v) is 2.42. The summed E-state index contributed by atoms with van der Waals surface area (Å²) >= 11 is 5.60. The van der Waals surface area contributed by atoms with Gasteiger partial charge in [-0.05, 0) is 18.6 Å². The van der Waals surface area contributed by atoms with Gasteiger partial charge < -0.3 is 10.4 Å². The van der Waals surface area contributed by atoms with Crippen LogP contribution in [0.1, 0.15) is 23.2 Å². The molecule has 98 valence electrons. The highest BCUT2D eigenvalue weighted by atomic mass is 35.5. The molecule has 0 atom stereocenters. The van der Waals surface area contributed by atoms with Crippen LogP contribution in [0, 0.1) is 11.6 Å². The Hall–Kier alpha value is -1.69. The normalized spacial score (nSPS) is 10.2. The quantitative estimate of drug-likeness (QED) is 0.640. The minimum absolute atomic E-state index is 0.0915. The average Bonchev–Trinajstić information content (AvgIpc) is 2.28. The van der Waals surface area contributed by atoms with E-state index in [4.69, 9.17) is 16.7 Å². The molecule has 0 radical (unpaired) electrons. The molecule has 0 spiro atoms. The third kappa shape index (κ3) is 3.96. The summed E-state index contributed by atoms with van der Waals surface area (Å²) in [5.74, 6) is -3.96. The molecule has 0 fully saturated rings. The second-order valence-corrected chi connectivity index (χ2v) is 3.91. The van der Waals surface area contributed by atoms with Crippen molar-refractivity contribution in [3.05, 3.63) is 34.4 Å². The van der Waals surface area contributed by atoms with E-state index >= 15 is 0 Å². The van der Waals surface area contributed by atoms with Crippen molar-refractivity contribution in [2.24, 2.45) is 0 Å². The van der Waals surface area contributed by atoms with Crippen LogP contribution in [0.3, 0.4) is 0 Å². The van der Waals surface area contributed by atoms with E-state index in [0.29, 0.717) is 12.1 Å². The fourth-order valence-corrected chi connectivity index (χ4v) is 1.47. The standard InChI is InChI=1S/C11H10ClF2NO3/c12-7-5-9(14)8(13)4-6(7)11(18)15-3-1-2-10(16)17/h4-5H,1-3H2,(H,15,18)(H,16,17). The number of carboxylic acids is 1. The molecule has 1 aromatic carbocycles. The lowest BCUT2D eigenvalue weighted by atomic mass is 10.2. The highest BCUT2D eigenvalue weighted by Crippen LogP contribution is 2.19. The molecule has 1 amide bonds. The maximum absolute atomic E-state index is 12.9. The van der Waals surface area contributed by atoms with E-state index in [1.54, 1.807) is 0 Å². The summed E-state index contributed by atoms with van der Waals surface area (Å²) in [5.41, 5.74) is -0.189. The number of carbonyl (C=O) groups excluding carboxylic acids is 1. The van der Waals surface area contributed by atoms with Crippen LogP contribution in [0.4, 0.5) is 8.78 Å². The summed E-state index contributed by atoms with van der Waals surface area (Å²) in [4.78, 5) is 21.8. The van der Waals surface area contributed by atoms with Gasteiger partial charge in [-0.3, -0.25) is 9.59 Å². The van der Waals surface area contributed by atoms with Crippen LogP contribution < -0.4 is 5.32 Å². The number of aliphatic carboxylic acids is 1. The fourth-order valence-electron chi connectivity index (χ4n) is 1.23. The number of halogens is 3. The van der Waals surface area contributed by atoms with Crippen molar-refractivity contribution >= 4 is 23.5 Å². The Morgan fingerprint density at radius 1 is 1.28 bits per heavy atom. The van der Waals surface area contributed by atoms with Gasteiger partial charge in [-0.1, -0.05) is 11.6 Å². The number of hydrogen-bond acceptors (Lipinski definition) is 2.